The molecule has 0 fully saturated rings. The molecule has 0 saturated carbocycles. The fourth-order valence-electron chi connectivity index (χ4n) is 2.78. The lowest BCUT2D eigenvalue weighted by Crippen LogP contribution is -1.82. The van der Waals surface area contributed by atoms with E-state index in [4.69, 9.17) is 0 Å². The van der Waals surface area contributed by atoms with Crippen LogP contribution >= 0.6 is 0 Å². The van der Waals surface area contributed by atoms with Crippen molar-refractivity contribution in [3.63, 3.8) is 0 Å². The first-order valence-electron chi connectivity index (χ1n) is 9.86. The second-order valence-electron chi connectivity index (χ2n) is 6.50. The lowest BCUT2D eigenvalue weighted by atomic mass is 10.1. The molecule has 0 nitrogen and oxygen atoms in total. The SMILES string of the molecule is [CH2]CCCCCCCCCCCCC=CCCCCCC. The van der Waals surface area contributed by atoms with Crippen LogP contribution in [0.25, 0.3) is 0 Å². The van der Waals surface area contributed by atoms with Gasteiger partial charge in [-0.1, -0.05) is 109 Å². The molecule has 0 heteroatoms. The van der Waals surface area contributed by atoms with Crippen molar-refractivity contribution in [3.8, 4) is 0 Å². The van der Waals surface area contributed by atoms with Crippen molar-refractivity contribution in [1.82, 2.24) is 0 Å². The van der Waals surface area contributed by atoms with E-state index in [9.17, 15) is 0 Å². The first-order chi connectivity index (χ1) is 10.4. The van der Waals surface area contributed by atoms with Crippen LogP contribution in [0.1, 0.15) is 116 Å². The maximum atomic E-state index is 3.89. The summed E-state index contributed by atoms with van der Waals surface area (Å²) in [5.74, 6) is 0. The van der Waals surface area contributed by atoms with E-state index in [0.717, 1.165) is 6.42 Å². The van der Waals surface area contributed by atoms with E-state index in [2.05, 4.69) is 26.0 Å². The molecule has 0 spiro atoms. The van der Waals surface area contributed by atoms with Crippen LogP contribution in [0.5, 0.6) is 0 Å². The van der Waals surface area contributed by atoms with Gasteiger partial charge >= 0.3 is 0 Å². The normalized spacial score (nSPS) is 11.5. The topological polar surface area (TPSA) is 0 Å². The van der Waals surface area contributed by atoms with Gasteiger partial charge < -0.3 is 0 Å². The number of unbranched alkanes of at least 4 members (excludes halogenated alkanes) is 15. The van der Waals surface area contributed by atoms with Crippen LogP contribution in [0, 0.1) is 6.92 Å². The molecule has 0 atom stereocenters. The van der Waals surface area contributed by atoms with Gasteiger partial charge in [0.1, 0.15) is 0 Å². The van der Waals surface area contributed by atoms with Crippen LogP contribution in [0.4, 0.5) is 0 Å². The molecule has 0 aliphatic heterocycles. The Hall–Kier alpha value is -0.260. The highest BCUT2D eigenvalue weighted by molar-refractivity contribution is 4.81. The van der Waals surface area contributed by atoms with Crippen molar-refractivity contribution in [2.24, 2.45) is 0 Å². The van der Waals surface area contributed by atoms with Gasteiger partial charge in [-0.2, -0.15) is 0 Å². The summed E-state index contributed by atoms with van der Waals surface area (Å²) in [5.41, 5.74) is 0. The molecule has 0 unspecified atom stereocenters. The Morgan fingerprint density at radius 2 is 0.905 bits per heavy atom. The molecule has 0 heterocycles. The lowest BCUT2D eigenvalue weighted by Gasteiger charge is -2.01. The van der Waals surface area contributed by atoms with Crippen LogP contribution in [0.15, 0.2) is 12.2 Å². The molecule has 0 aromatic heterocycles. The molecular formula is C21H41. The fourth-order valence-corrected chi connectivity index (χ4v) is 2.78. The Labute approximate surface area is 135 Å². The summed E-state index contributed by atoms with van der Waals surface area (Å²) in [4.78, 5) is 0. The summed E-state index contributed by atoms with van der Waals surface area (Å²) >= 11 is 0. The number of rotatable bonds is 17. The lowest BCUT2D eigenvalue weighted by molar-refractivity contribution is 0.553. The predicted octanol–water partition coefficient (Wildman–Crippen LogP) is 8.03. The van der Waals surface area contributed by atoms with Gasteiger partial charge in [0.05, 0.1) is 0 Å². The van der Waals surface area contributed by atoms with Crippen molar-refractivity contribution in [1.29, 1.82) is 0 Å². The van der Waals surface area contributed by atoms with E-state index >= 15 is 0 Å². The summed E-state index contributed by atoms with van der Waals surface area (Å²) in [7, 11) is 0. The van der Waals surface area contributed by atoms with Crippen LogP contribution in [-0.4, -0.2) is 0 Å². The molecule has 0 aliphatic rings. The van der Waals surface area contributed by atoms with Gasteiger partial charge in [0, 0.05) is 0 Å². The van der Waals surface area contributed by atoms with E-state index in [1.165, 1.54) is 103 Å². The van der Waals surface area contributed by atoms with Crippen molar-refractivity contribution < 1.29 is 0 Å². The molecule has 21 heavy (non-hydrogen) atoms. The summed E-state index contributed by atoms with van der Waals surface area (Å²) in [6, 6.07) is 0. The standard InChI is InChI=1S/C21H41/c1-3-5-7-9-11-13-15-17-19-21-20-18-16-14-12-10-8-6-4-2/h14,16H,1,3-13,15,17-21H2,2H3. The first-order valence-corrected chi connectivity index (χ1v) is 9.86. The van der Waals surface area contributed by atoms with Gasteiger partial charge in [0.15, 0.2) is 0 Å². The monoisotopic (exact) mass is 293 g/mol. The molecule has 0 aromatic carbocycles. The maximum absolute atomic E-state index is 3.89. The third-order valence-electron chi connectivity index (χ3n) is 4.26. The minimum absolute atomic E-state index is 1.12. The molecule has 0 N–H and O–H groups in total. The quantitative estimate of drug-likeness (QED) is 0.188. The summed E-state index contributed by atoms with van der Waals surface area (Å²) in [6.07, 6.45) is 28.3. The second-order valence-corrected chi connectivity index (χ2v) is 6.50. The highest BCUT2D eigenvalue weighted by atomic mass is 14.0. The molecule has 125 valence electrons. The fraction of sp³-hybridized carbons (Fsp3) is 0.857. The van der Waals surface area contributed by atoms with E-state index in [1.54, 1.807) is 0 Å². The smallest absolute Gasteiger partial charge is 0.0351 e. The average molecular weight is 294 g/mol. The minimum Gasteiger partial charge on any atom is -0.0885 e. The van der Waals surface area contributed by atoms with Gasteiger partial charge in [0.2, 0.25) is 0 Å². The van der Waals surface area contributed by atoms with Gasteiger partial charge in [-0.05, 0) is 25.7 Å². The van der Waals surface area contributed by atoms with Crippen molar-refractivity contribution >= 4 is 0 Å². The Morgan fingerprint density at radius 1 is 0.524 bits per heavy atom. The maximum Gasteiger partial charge on any atom is -0.0351 e. The van der Waals surface area contributed by atoms with Crippen LogP contribution in [0.2, 0.25) is 0 Å². The molecule has 0 amide bonds. The molecule has 0 rings (SSSR count). The zero-order valence-electron chi connectivity index (χ0n) is 14.9. The Bertz CT molecular complexity index is 192. The zero-order valence-corrected chi connectivity index (χ0v) is 14.9. The Balaban J connectivity index is 3.00. The summed E-state index contributed by atoms with van der Waals surface area (Å²) < 4.78 is 0. The van der Waals surface area contributed by atoms with Crippen LogP contribution in [-0.2, 0) is 0 Å². The Kier molecular flexibility index (Phi) is 19.5. The molecule has 0 aliphatic carbocycles. The molecular weight excluding hydrogens is 252 g/mol. The van der Waals surface area contributed by atoms with Gasteiger partial charge in [-0.3, -0.25) is 0 Å². The number of allylic oxidation sites excluding steroid dienone is 2. The Morgan fingerprint density at radius 3 is 1.33 bits per heavy atom. The second kappa shape index (κ2) is 19.7. The summed E-state index contributed by atoms with van der Waals surface area (Å²) in [6.45, 7) is 6.17. The van der Waals surface area contributed by atoms with E-state index < -0.39 is 0 Å². The molecule has 0 saturated heterocycles. The van der Waals surface area contributed by atoms with Gasteiger partial charge in [0.25, 0.3) is 0 Å². The molecule has 1 radical (unpaired) electrons. The third kappa shape index (κ3) is 19.7. The van der Waals surface area contributed by atoms with E-state index in [-0.39, 0.29) is 0 Å². The van der Waals surface area contributed by atoms with Crippen molar-refractivity contribution in [3.05, 3.63) is 19.1 Å². The molecule has 0 aromatic rings. The van der Waals surface area contributed by atoms with E-state index in [1.807, 2.05) is 0 Å². The van der Waals surface area contributed by atoms with Gasteiger partial charge in [-0.25, -0.2) is 0 Å². The van der Waals surface area contributed by atoms with Crippen molar-refractivity contribution in [2.75, 3.05) is 0 Å². The average Bonchev–Trinajstić information content (AvgIpc) is 2.50. The van der Waals surface area contributed by atoms with Gasteiger partial charge in [-0.15, -0.1) is 0 Å². The highest BCUT2D eigenvalue weighted by Gasteiger charge is 1.92. The van der Waals surface area contributed by atoms with Crippen LogP contribution in [0.3, 0.4) is 0 Å². The van der Waals surface area contributed by atoms with Crippen molar-refractivity contribution in [2.45, 2.75) is 116 Å². The highest BCUT2D eigenvalue weighted by Crippen LogP contribution is 2.12. The van der Waals surface area contributed by atoms with Crippen LogP contribution < -0.4 is 0 Å². The van der Waals surface area contributed by atoms with E-state index in [0.29, 0.717) is 0 Å². The number of hydrogen-bond donors (Lipinski definition) is 0. The molecule has 0 bridgehead atoms. The summed E-state index contributed by atoms with van der Waals surface area (Å²) in [5, 5.41) is 0. The minimum atomic E-state index is 1.12. The first kappa shape index (κ1) is 20.7. The largest absolute Gasteiger partial charge is 0.0885 e. The third-order valence-corrected chi connectivity index (χ3v) is 4.26. The number of hydrogen-bond acceptors (Lipinski definition) is 0. The predicted molar refractivity (Wildman–Crippen MR) is 98.7 cm³/mol. The zero-order chi connectivity index (χ0) is 15.4.